The Labute approximate surface area is 74.2 Å². The van der Waals surface area contributed by atoms with Crippen LogP contribution in [0.15, 0.2) is 0 Å². The molecule has 0 bridgehead atoms. The van der Waals surface area contributed by atoms with Crippen molar-refractivity contribution in [2.24, 2.45) is 0 Å². The topological polar surface area (TPSA) is 0 Å². The van der Waals surface area contributed by atoms with Gasteiger partial charge < -0.3 is 0 Å². The molecule has 0 rings (SSSR count). The number of alkyl halides is 2. The van der Waals surface area contributed by atoms with E-state index in [1.54, 1.807) is 0 Å². The SMILES string of the molecule is C[Si](C)(I)CC(Cl)Cl. The minimum absolute atomic E-state index is 0.159. The van der Waals surface area contributed by atoms with Crippen LogP contribution in [0.5, 0.6) is 0 Å². The molecule has 0 spiro atoms. The minimum atomic E-state index is -1.01. The zero-order chi connectivity index (χ0) is 6.78. The molecule has 0 heterocycles. The van der Waals surface area contributed by atoms with E-state index in [-0.39, 0.29) is 4.84 Å². The van der Waals surface area contributed by atoms with Gasteiger partial charge in [-0.1, -0.05) is 13.1 Å². The van der Waals surface area contributed by atoms with Gasteiger partial charge >= 0.3 is 0 Å². The zero-order valence-electron chi connectivity index (χ0n) is 4.92. The van der Waals surface area contributed by atoms with Crippen molar-refractivity contribution in [3.8, 4) is 0 Å². The van der Waals surface area contributed by atoms with Crippen LogP contribution in [0.3, 0.4) is 0 Å². The highest BCUT2D eigenvalue weighted by Crippen LogP contribution is 2.24. The van der Waals surface area contributed by atoms with Gasteiger partial charge in [-0.25, -0.2) is 0 Å². The summed E-state index contributed by atoms with van der Waals surface area (Å²) in [5.74, 6) is 0. The molecule has 8 heavy (non-hydrogen) atoms. The summed E-state index contributed by atoms with van der Waals surface area (Å²) < 4.78 is 0. The summed E-state index contributed by atoms with van der Waals surface area (Å²) in [6.07, 6.45) is 0. The fourth-order valence-electron chi connectivity index (χ4n) is 0.367. The van der Waals surface area contributed by atoms with Gasteiger partial charge in [0.15, 0.2) is 0 Å². The fraction of sp³-hybridized carbons (Fsp3) is 1.00. The Morgan fingerprint density at radius 1 is 1.50 bits per heavy atom. The van der Waals surface area contributed by atoms with Crippen LogP contribution in [0, 0.1) is 0 Å². The summed E-state index contributed by atoms with van der Waals surface area (Å²) in [7, 11) is 0. The molecule has 0 aliphatic carbocycles. The van der Waals surface area contributed by atoms with E-state index < -0.39 is 5.57 Å². The van der Waals surface area contributed by atoms with Crippen molar-refractivity contribution < 1.29 is 0 Å². The van der Waals surface area contributed by atoms with Gasteiger partial charge in [0.25, 0.3) is 0 Å². The molecule has 0 amide bonds. The van der Waals surface area contributed by atoms with E-state index >= 15 is 0 Å². The van der Waals surface area contributed by atoms with Crippen LogP contribution in [0.2, 0.25) is 19.1 Å². The van der Waals surface area contributed by atoms with Crippen molar-refractivity contribution in [3.63, 3.8) is 0 Å². The Hall–Kier alpha value is 1.53. The monoisotopic (exact) mass is 282 g/mol. The van der Waals surface area contributed by atoms with Crippen LogP contribution in [-0.2, 0) is 0 Å². The van der Waals surface area contributed by atoms with Crippen LogP contribution in [0.4, 0.5) is 0 Å². The third-order valence-corrected chi connectivity index (χ3v) is 4.17. The van der Waals surface area contributed by atoms with Gasteiger partial charge in [0.1, 0.15) is 10.4 Å². The molecular formula is C4H9Cl2ISi. The van der Waals surface area contributed by atoms with Gasteiger partial charge in [0.05, 0.1) is 0 Å². The summed E-state index contributed by atoms with van der Waals surface area (Å²) in [6, 6.07) is 0.983. The van der Waals surface area contributed by atoms with E-state index in [1.165, 1.54) is 0 Å². The third kappa shape index (κ3) is 7.53. The fourth-order valence-corrected chi connectivity index (χ4v) is 6.30. The third-order valence-electron chi connectivity index (χ3n) is 0.640. The van der Waals surface area contributed by atoms with Gasteiger partial charge in [0.2, 0.25) is 0 Å². The first kappa shape index (κ1) is 9.53. The normalized spacial score (nSPS) is 12.8. The minimum Gasteiger partial charge on any atom is -0.119 e. The second kappa shape index (κ2) is 3.64. The summed E-state index contributed by atoms with van der Waals surface area (Å²) in [5.41, 5.74) is -1.01. The summed E-state index contributed by atoms with van der Waals surface area (Å²) in [6.45, 7) is 4.48. The highest BCUT2D eigenvalue weighted by Gasteiger charge is 2.18. The Bertz CT molecular complexity index is 68.9. The van der Waals surface area contributed by atoms with Crippen molar-refractivity contribution in [1.29, 1.82) is 0 Å². The maximum atomic E-state index is 5.56. The van der Waals surface area contributed by atoms with Gasteiger partial charge in [-0.3, -0.25) is 0 Å². The maximum absolute atomic E-state index is 5.56. The molecule has 50 valence electrons. The Kier molecular flexibility index (Phi) is 4.33. The van der Waals surface area contributed by atoms with E-state index in [0.29, 0.717) is 0 Å². The molecule has 0 unspecified atom stereocenters. The predicted octanol–water partition coefficient (Wildman–Crippen LogP) is 3.43. The Morgan fingerprint density at radius 3 is 1.88 bits per heavy atom. The van der Waals surface area contributed by atoms with E-state index in [9.17, 15) is 0 Å². The zero-order valence-corrected chi connectivity index (χ0v) is 9.59. The molecule has 0 aliphatic heterocycles. The maximum Gasteiger partial charge on any atom is 0.122 e. The lowest BCUT2D eigenvalue weighted by atomic mass is 10.9. The van der Waals surface area contributed by atoms with Gasteiger partial charge in [-0.2, -0.15) is 0 Å². The van der Waals surface area contributed by atoms with Gasteiger partial charge in [-0.15, -0.1) is 45.0 Å². The van der Waals surface area contributed by atoms with E-state index in [0.717, 1.165) is 6.04 Å². The molecule has 0 N–H and O–H groups in total. The first-order chi connectivity index (χ1) is 3.42. The van der Waals surface area contributed by atoms with Crippen molar-refractivity contribution >= 4 is 50.6 Å². The highest BCUT2D eigenvalue weighted by molar-refractivity contribution is 14.1. The van der Waals surface area contributed by atoms with Gasteiger partial charge in [-0.05, 0) is 6.04 Å². The Balaban J connectivity index is 3.39. The molecule has 0 saturated carbocycles. The van der Waals surface area contributed by atoms with Crippen LogP contribution in [-0.4, -0.2) is 10.4 Å². The number of rotatable bonds is 2. The van der Waals surface area contributed by atoms with E-state index in [1.807, 2.05) is 0 Å². The van der Waals surface area contributed by atoms with Crippen LogP contribution in [0.25, 0.3) is 0 Å². The quantitative estimate of drug-likeness (QED) is 0.315. The highest BCUT2D eigenvalue weighted by atomic mass is 127. The first-order valence-corrected chi connectivity index (χ1v) is 9.58. The van der Waals surface area contributed by atoms with Crippen molar-refractivity contribution in [1.82, 2.24) is 0 Å². The molecule has 0 aromatic heterocycles. The second-order valence-electron chi connectivity index (χ2n) is 2.31. The Morgan fingerprint density at radius 2 is 1.88 bits per heavy atom. The molecule has 0 aromatic carbocycles. The predicted molar refractivity (Wildman–Crippen MR) is 51.8 cm³/mol. The van der Waals surface area contributed by atoms with Crippen molar-refractivity contribution in [2.45, 2.75) is 24.0 Å². The lowest BCUT2D eigenvalue weighted by Crippen LogP contribution is -2.17. The molecule has 0 aliphatic rings. The summed E-state index contributed by atoms with van der Waals surface area (Å²) >= 11 is 13.6. The summed E-state index contributed by atoms with van der Waals surface area (Å²) in [5, 5.41) is 0. The largest absolute Gasteiger partial charge is 0.122 e. The lowest BCUT2D eigenvalue weighted by molar-refractivity contribution is 1.32. The molecule has 0 saturated heterocycles. The average molecular weight is 283 g/mol. The van der Waals surface area contributed by atoms with Crippen molar-refractivity contribution in [3.05, 3.63) is 0 Å². The standard InChI is InChI=1S/C4H9Cl2ISi/c1-8(2,7)3-4(5)6/h4H,3H2,1-2H3. The van der Waals surface area contributed by atoms with Crippen LogP contribution >= 0.6 is 45.0 Å². The number of halogens is 3. The number of hydrogen-bond donors (Lipinski definition) is 0. The molecule has 0 radical (unpaired) electrons. The first-order valence-electron chi connectivity index (χ1n) is 2.39. The molecule has 0 fully saturated rings. The second-order valence-corrected chi connectivity index (χ2v) is 16.2. The van der Waals surface area contributed by atoms with Crippen molar-refractivity contribution in [2.75, 3.05) is 0 Å². The number of hydrogen-bond acceptors (Lipinski definition) is 0. The smallest absolute Gasteiger partial charge is 0.119 e. The molecule has 4 heteroatoms. The molecule has 0 atom stereocenters. The lowest BCUT2D eigenvalue weighted by Gasteiger charge is -2.12. The van der Waals surface area contributed by atoms with E-state index in [2.05, 4.69) is 34.9 Å². The molecular weight excluding hydrogens is 274 g/mol. The van der Waals surface area contributed by atoms with E-state index in [4.69, 9.17) is 23.2 Å². The molecule has 0 nitrogen and oxygen atoms in total. The van der Waals surface area contributed by atoms with Crippen LogP contribution < -0.4 is 0 Å². The average Bonchev–Trinajstić information content (AvgIpc) is 1.21. The molecule has 0 aromatic rings. The summed E-state index contributed by atoms with van der Waals surface area (Å²) in [4.78, 5) is -0.159. The van der Waals surface area contributed by atoms with Crippen LogP contribution in [0.1, 0.15) is 0 Å². The van der Waals surface area contributed by atoms with Gasteiger partial charge in [0, 0.05) is 0 Å².